The summed E-state index contributed by atoms with van der Waals surface area (Å²) in [5, 5.41) is 5.21. The lowest BCUT2D eigenvalue weighted by molar-refractivity contribution is -0.113. The van der Waals surface area contributed by atoms with Crippen molar-refractivity contribution in [1.29, 1.82) is 0 Å². The summed E-state index contributed by atoms with van der Waals surface area (Å²) in [5.41, 5.74) is 0.986. The zero-order chi connectivity index (χ0) is 11.9. The van der Waals surface area contributed by atoms with Crippen LogP contribution in [-0.4, -0.2) is 21.6 Å². The number of amides is 1. The molecule has 0 aliphatic heterocycles. The minimum atomic E-state index is -0.0270. The highest BCUT2D eigenvalue weighted by Gasteiger charge is 2.04. The minimum Gasteiger partial charge on any atom is -0.301 e. The van der Waals surface area contributed by atoms with Gasteiger partial charge >= 0.3 is 0 Å². The summed E-state index contributed by atoms with van der Waals surface area (Å²) < 4.78 is 0. The number of carbonyl (C=O) groups is 1. The first-order valence-electron chi connectivity index (χ1n) is 5.01. The Labute approximate surface area is 107 Å². The van der Waals surface area contributed by atoms with Crippen molar-refractivity contribution < 1.29 is 4.79 Å². The third kappa shape index (κ3) is 4.16. The summed E-state index contributed by atoms with van der Waals surface area (Å²) in [6.07, 6.45) is 3.42. The average molecular weight is 265 g/mol. The lowest BCUT2D eigenvalue weighted by Crippen LogP contribution is -2.13. The number of thiazole rings is 1. The molecular weight excluding hydrogens is 254 g/mol. The molecule has 0 aromatic carbocycles. The van der Waals surface area contributed by atoms with E-state index in [2.05, 4.69) is 15.3 Å². The van der Waals surface area contributed by atoms with Crippen molar-refractivity contribution >= 4 is 34.1 Å². The summed E-state index contributed by atoms with van der Waals surface area (Å²) in [5.74, 6) is 1.13. The first kappa shape index (κ1) is 12.1. The number of aromatic nitrogens is 2. The van der Waals surface area contributed by atoms with Gasteiger partial charge in [0.2, 0.25) is 5.91 Å². The molecule has 0 unspecified atom stereocenters. The molecular formula is C11H11N3OS2. The predicted octanol–water partition coefficient (Wildman–Crippen LogP) is 2.41. The first-order valence-corrected chi connectivity index (χ1v) is 7.05. The molecule has 2 heterocycles. The van der Waals surface area contributed by atoms with Gasteiger partial charge in [0.1, 0.15) is 0 Å². The van der Waals surface area contributed by atoms with Crippen LogP contribution >= 0.6 is 23.1 Å². The molecule has 2 aromatic heterocycles. The lowest BCUT2D eigenvalue weighted by atomic mass is 10.4. The lowest BCUT2D eigenvalue weighted by Gasteiger charge is -2.01. The highest BCUT2D eigenvalue weighted by molar-refractivity contribution is 7.99. The van der Waals surface area contributed by atoms with Gasteiger partial charge in [-0.3, -0.25) is 9.78 Å². The molecule has 2 aromatic rings. The fourth-order valence-corrected chi connectivity index (χ4v) is 2.46. The number of thioether (sulfide) groups is 1. The van der Waals surface area contributed by atoms with Gasteiger partial charge in [-0.1, -0.05) is 6.07 Å². The Morgan fingerprint density at radius 3 is 3.00 bits per heavy atom. The molecule has 0 aliphatic carbocycles. The fourth-order valence-electron chi connectivity index (χ4n) is 1.17. The van der Waals surface area contributed by atoms with Crippen molar-refractivity contribution in [3.8, 4) is 0 Å². The molecule has 1 N–H and O–H groups in total. The van der Waals surface area contributed by atoms with Crippen LogP contribution in [0, 0.1) is 0 Å². The van der Waals surface area contributed by atoms with E-state index in [1.807, 2.05) is 23.6 Å². The van der Waals surface area contributed by atoms with Crippen molar-refractivity contribution in [2.45, 2.75) is 5.75 Å². The third-order valence-corrected chi connectivity index (χ3v) is 3.54. The van der Waals surface area contributed by atoms with E-state index < -0.39 is 0 Å². The third-order valence-electron chi connectivity index (χ3n) is 1.89. The van der Waals surface area contributed by atoms with E-state index in [1.54, 1.807) is 12.4 Å². The van der Waals surface area contributed by atoms with Crippen LogP contribution in [0.2, 0.25) is 0 Å². The van der Waals surface area contributed by atoms with Gasteiger partial charge in [0.15, 0.2) is 5.13 Å². The van der Waals surface area contributed by atoms with E-state index in [-0.39, 0.29) is 5.91 Å². The van der Waals surface area contributed by atoms with E-state index in [0.717, 1.165) is 11.4 Å². The Kier molecular flexibility index (Phi) is 4.52. The van der Waals surface area contributed by atoms with Gasteiger partial charge in [0, 0.05) is 23.5 Å². The highest BCUT2D eigenvalue weighted by Crippen LogP contribution is 2.13. The number of hydrogen-bond donors (Lipinski definition) is 1. The summed E-state index contributed by atoms with van der Waals surface area (Å²) >= 11 is 2.96. The van der Waals surface area contributed by atoms with Crippen molar-refractivity contribution in [1.82, 2.24) is 9.97 Å². The van der Waals surface area contributed by atoms with Crippen LogP contribution in [0.5, 0.6) is 0 Å². The molecule has 0 saturated heterocycles. The molecule has 88 valence electrons. The van der Waals surface area contributed by atoms with Gasteiger partial charge in [-0.05, 0) is 12.1 Å². The van der Waals surface area contributed by atoms with Crippen LogP contribution in [0.25, 0.3) is 0 Å². The maximum atomic E-state index is 11.5. The van der Waals surface area contributed by atoms with Crippen LogP contribution < -0.4 is 5.32 Å². The molecule has 0 fully saturated rings. The largest absolute Gasteiger partial charge is 0.301 e. The van der Waals surface area contributed by atoms with Crippen LogP contribution in [0.1, 0.15) is 5.69 Å². The number of pyridine rings is 1. The van der Waals surface area contributed by atoms with Gasteiger partial charge in [0.05, 0.1) is 11.4 Å². The molecule has 0 atom stereocenters. The molecule has 4 nitrogen and oxygen atoms in total. The van der Waals surface area contributed by atoms with E-state index in [4.69, 9.17) is 0 Å². The zero-order valence-electron chi connectivity index (χ0n) is 9.00. The summed E-state index contributed by atoms with van der Waals surface area (Å²) in [4.78, 5) is 19.7. The molecule has 0 saturated carbocycles. The number of anilines is 1. The van der Waals surface area contributed by atoms with Gasteiger partial charge < -0.3 is 5.32 Å². The van der Waals surface area contributed by atoms with Crippen molar-refractivity contribution in [2.75, 3.05) is 11.1 Å². The van der Waals surface area contributed by atoms with Crippen molar-refractivity contribution in [3.63, 3.8) is 0 Å². The van der Waals surface area contributed by atoms with E-state index >= 15 is 0 Å². The normalized spacial score (nSPS) is 10.1. The Hall–Kier alpha value is -1.40. The smallest absolute Gasteiger partial charge is 0.236 e. The quantitative estimate of drug-likeness (QED) is 0.902. The second kappa shape index (κ2) is 6.36. The van der Waals surface area contributed by atoms with Crippen LogP contribution in [0.15, 0.2) is 36.0 Å². The van der Waals surface area contributed by atoms with Crippen molar-refractivity contribution in [3.05, 3.63) is 41.7 Å². The Balaban J connectivity index is 1.70. The molecule has 1 amide bonds. The molecule has 6 heteroatoms. The fraction of sp³-hybridized carbons (Fsp3) is 0.182. The van der Waals surface area contributed by atoms with Crippen molar-refractivity contribution in [2.24, 2.45) is 0 Å². The van der Waals surface area contributed by atoms with Gasteiger partial charge in [0.25, 0.3) is 0 Å². The van der Waals surface area contributed by atoms with Crippen LogP contribution in [-0.2, 0) is 10.5 Å². The molecule has 17 heavy (non-hydrogen) atoms. The standard InChI is InChI=1S/C11H11N3OS2/c15-10(14-11-13-5-6-17-11)8-16-7-9-3-1-2-4-12-9/h1-6H,7-8H2,(H,13,14,15). The summed E-state index contributed by atoms with van der Waals surface area (Å²) in [6, 6.07) is 5.77. The molecule has 0 radical (unpaired) electrons. The van der Waals surface area contributed by atoms with E-state index in [0.29, 0.717) is 10.9 Å². The molecule has 0 bridgehead atoms. The molecule has 0 spiro atoms. The maximum absolute atomic E-state index is 11.5. The van der Waals surface area contributed by atoms with Gasteiger partial charge in [-0.25, -0.2) is 4.98 Å². The number of carbonyl (C=O) groups excluding carboxylic acids is 1. The average Bonchev–Trinajstić information content (AvgIpc) is 2.83. The highest BCUT2D eigenvalue weighted by atomic mass is 32.2. The number of rotatable bonds is 5. The van der Waals surface area contributed by atoms with Gasteiger partial charge in [-0.2, -0.15) is 0 Å². The minimum absolute atomic E-state index is 0.0270. The molecule has 0 aliphatic rings. The number of nitrogens with one attached hydrogen (secondary N) is 1. The van der Waals surface area contributed by atoms with E-state index in [1.165, 1.54) is 23.1 Å². The second-order valence-electron chi connectivity index (χ2n) is 3.20. The maximum Gasteiger partial charge on any atom is 0.236 e. The first-order chi connectivity index (χ1) is 8.34. The number of hydrogen-bond acceptors (Lipinski definition) is 5. The van der Waals surface area contributed by atoms with E-state index in [9.17, 15) is 4.79 Å². The summed E-state index contributed by atoms with van der Waals surface area (Å²) in [6.45, 7) is 0. The monoisotopic (exact) mass is 265 g/mol. The Bertz CT molecular complexity index is 459. The summed E-state index contributed by atoms with van der Waals surface area (Å²) in [7, 11) is 0. The SMILES string of the molecule is O=C(CSCc1ccccn1)Nc1nccs1. The Morgan fingerprint density at radius 2 is 2.29 bits per heavy atom. The molecule has 2 rings (SSSR count). The van der Waals surface area contributed by atoms with Gasteiger partial charge in [-0.15, -0.1) is 23.1 Å². The van der Waals surface area contributed by atoms with Crippen LogP contribution in [0.3, 0.4) is 0 Å². The topological polar surface area (TPSA) is 54.9 Å². The number of nitrogens with zero attached hydrogens (tertiary/aromatic N) is 2. The zero-order valence-corrected chi connectivity index (χ0v) is 10.6. The Morgan fingerprint density at radius 1 is 1.35 bits per heavy atom. The van der Waals surface area contributed by atoms with Crippen LogP contribution in [0.4, 0.5) is 5.13 Å². The predicted molar refractivity (Wildman–Crippen MR) is 71.1 cm³/mol. The second-order valence-corrected chi connectivity index (χ2v) is 5.08.